The Balaban J connectivity index is 2.34. The van der Waals surface area contributed by atoms with Crippen LogP contribution in [0.25, 0.3) is 11.6 Å². The van der Waals surface area contributed by atoms with Crippen LogP contribution in [0.1, 0.15) is 32.6 Å². The average Bonchev–Trinajstić information content (AvgIpc) is 3.04. The van der Waals surface area contributed by atoms with Gasteiger partial charge in [-0.25, -0.2) is 4.68 Å². The molecule has 0 amide bonds. The van der Waals surface area contributed by atoms with Crippen LogP contribution in [0, 0.1) is 5.92 Å². The van der Waals surface area contributed by atoms with Crippen molar-refractivity contribution in [2.45, 2.75) is 33.2 Å². The van der Waals surface area contributed by atoms with Gasteiger partial charge >= 0.3 is 5.97 Å². The Morgan fingerprint density at radius 3 is 2.79 bits per heavy atom. The highest BCUT2D eigenvalue weighted by atomic mass is 16.4. The first-order valence-electron chi connectivity index (χ1n) is 6.14. The summed E-state index contributed by atoms with van der Waals surface area (Å²) < 4.78 is 7.08. The second kappa shape index (κ2) is 5.21. The second-order valence-electron chi connectivity index (χ2n) is 4.43. The van der Waals surface area contributed by atoms with Crippen LogP contribution in [-0.2, 0) is 11.2 Å². The molecule has 7 nitrogen and oxygen atoms in total. The number of rotatable bonds is 5. The lowest BCUT2D eigenvalue weighted by Gasteiger charge is -2.16. The quantitative estimate of drug-likeness (QED) is 0.884. The number of carbonyl (C=O) groups is 1. The molecule has 2 unspecified atom stereocenters. The van der Waals surface area contributed by atoms with Crippen LogP contribution in [0.4, 0.5) is 0 Å². The summed E-state index contributed by atoms with van der Waals surface area (Å²) in [5.74, 6) is 0.348. The van der Waals surface area contributed by atoms with Crippen molar-refractivity contribution in [1.29, 1.82) is 0 Å². The van der Waals surface area contributed by atoms with Crippen molar-refractivity contribution in [3.05, 3.63) is 17.9 Å². The number of tetrazole rings is 1. The SMILES string of the molecule is CCc1ccc(-c2nnnn2C(C)C(C)C(=O)O)o1. The first-order chi connectivity index (χ1) is 9.04. The smallest absolute Gasteiger partial charge is 0.308 e. The minimum atomic E-state index is -0.886. The number of hydrogen-bond donors (Lipinski definition) is 1. The van der Waals surface area contributed by atoms with Crippen molar-refractivity contribution in [1.82, 2.24) is 20.2 Å². The third-order valence-electron chi connectivity index (χ3n) is 3.22. The van der Waals surface area contributed by atoms with Gasteiger partial charge in [-0.05, 0) is 36.4 Å². The molecule has 0 fully saturated rings. The zero-order valence-electron chi connectivity index (χ0n) is 11.1. The number of furan rings is 1. The van der Waals surface area contributed by atoms with E-state index in [1.165, 1.54) is 4.68 Å². The highest BCUT2D eigenvalue weighted by Gasteiger charge is 2.26. The van der Waals surface area contributed by atoms with E-state index < -0.39 is 11.9 Å². The van der Waals surface area contributed by atoms with Gasteiger partial charge in [-0.1, -0.05) is 6.92 Å². The molecule has 0 aliphatic rings. The van der Waals surface area contributed by atoms with Crippen LogP contribution in [0.2, 0.25) is 0 Å². The molecule has 102 valence electrons. The lowest BCUT2D eigenvalue weighted by atomic mass is 10.0. The fourth-order valence-corrected chi connectivity index (χ4v) is 1.74. The van der Waals surface area contributed by atoms with Gasteiger partial charge in [-0.3, -0.25) is 4.79 Å². The van der Waals surface area contributed by atoms with Gasteiger partial charge in [0.2, 0.25) is 5.82 Å². The minimum absolute atomic E-state index is 0.363. The van der Waals surface area contributed by atoms with Crippen molar-refractivity contribution in [2.24, 2.45) is 5.92 Å². The van der Waals surface area contributed by atoms with Gasteiger partial charge in [0, 0.05) is 6.42 Å². The molecule has 0 bridgehead atoms. The zero-order chi connectivity index (χ0) is 14.0. The summed E-state index contributed by atoms with van der Waals surface area (Å²) in [7, 11) is 0. The average molecular weight is 264 g/mol. The number of aliphatic carboxylic acids is 1. The van der Waals surface area contributed by atoms with E-state index in [1.807, 2.05) is 13.0 Å². The van der Waals surface area contributed by atoms with Gasteiger partial charge in [0.05, 0.1) is 12.0 Å². The van der Waals surface area contributed by atoms with E-state index in [9.17, 15) is 4.79 Å². The lowest BCUT2D eigenvalue weighted by Crippen LogP contribution is -2.23. The first kappa shape index (κ1) is 13.3. The molecular weight excluding hydrogens is 248 g/mol. The van der Waals surface area contributed by atoms with E-state index in [4.69, 9.17) is 9.52 Å². The normalized spacial score (nSPS) is 14.3. The molecule has 2 rings (SSSR count). The fraction of sp³-hybridized carbons (Fsp3) is 0.500. The van der Waals surface area contributed by atoms with Crippen LogP contribution in [0.5, 0.6) is 0 Å². The van der Waals surface area contributed by atoms with E-state index in [0.29, 0.717) is 11.6 Å². The Hall–Kier alpha value is -2.18. The Kier molecular flexibility index (Phi) is 3.64. The van der Waals surface area contributed by atoms with Crippen LogP contribution in [0.15, 0.2) is 16.5 Å². The third kappa shape index (κ3) is 2.49. The third-order valence-corrected chi connectivity index (χ3v) is 3.22. The van der Waals surface area contributed by atoms with Crippen molar-refractivity contribution >= 4 is 5.97 Å². The van der Waals surface area contributed by atoms with Gasteiger partial charge in [0.25, 0.3) is 0 Å². The molecule has 7 heteroatoms. The molecular formula is C12H16N4O3. The molecule has 0 saturated carbocycles. The molecule has 0 aliphatic carbocycles. The summed E-state index contributed by atoms with van der Waals surface area (Å²) in [6.45, 7) is 5.38. The molecule has 19 heavy (non-hydrogen) atoms. The van der Waals surface area contributed by atoms with Crippen molar-refractivity contribution in [3.63, 3.8) is 0 Å². The highest BCUT2D eigenvalue weighted by Crippen LogP contribution is 2.25. The van der Waals surface area contributed by atoms with Gasteiger partial charge < -0.3 is 9.52 Å². The van der Waals surface area contributed by atoms with Gasteiger partial charge in [0.1, 0.15) is 5.76 Å². The van der Waals surface area contributed by atoms with Crippen LogP contribution >= 0.6 is 0 Å². The van der Waals surface area contributed by atoms with E-state index in [1.54, 1.807) is 19.9 Å². The largest absolute Gasteiger partial charge is 0.481 e. The molecule has 2 aromatic rings. The summed E-state index contributed by atoms with van der Waals surface area (Å²) in [6, 6.07) is 3.29. The van der Waals surface area contributed by atoms with E-state index in [0.717, 1.165) is 12.2 Å². The lowest BCUT2D eigenvalue weighted by molar-refractivity contribution is -0.142. The maximum absolute atomic E-state index is 11.0. The van der Waals surface area contributed by atoms with E-state index in [2.05, 4.69) is 15.5 Å². The number of aromatic nitrogens is 4. The molecule has 0 aliphatic heterocycles. The maximum atomic E-state index is 11.0. The molecule has 0 saturated heterocycles. The van der Waals surface area contributed by atoms with Crippen LogP contribution in [0.3, 0.4) is 0 Å². The Labute approximate surface area is 110 Å². The Bertz CT molecular complexity index is 575. The molecule has 1 N–H and O–H groups in total. The van der Waals surface area contributed by atoms with Gasteiger partial charge in [-0.15, -0.1) is 5.10 Å². The van der Waals surface area contributed by atoms with Gasteiger partial charge in [0.15, 0.2) is 5.76 Å². The predicted molar refractivity (Wildman–Crippen MR) is 66.4 cm³/mol. The number of nitrogens with zero attached hydrogens (tertiary/aromatic N) is 4. The summed E-state index contributed by atoms with van der Waals surface area (Å²) in [5, 5.41) is 20.4. The summed E-state index contributed by atoms with van der Waals surface area (Å²) in [4.78, 5) is 11.0. The summed E-state index contributed by atoms with van der Waals surface area (Å²) in [6.07, 6.45) is 0.780. The molecule has 2 heterocycles. The summed E-state index contributed by atoms with van der Waals surface area (Å²) >= 11 is 0. The van der Waals surface area contributed by atoms with Crippen LogP contribution < -0.4 is 0 Å². The molecule has 2 aromatic heterocycles. The standard InChI is InChI=1S/C12H16N4O3/c1-4-9-5-6-10(19-9)11-13-14-15-16(11)8(3)7(2)12(17)18/h5-8H,4H2,1-3H3,(H,17,18). The zero-order valence-corrected chi connectivity index (χ0v) is 11.1. The first-order valence-corrected chi connectivity index (χ1v) is 6.14. The Morgan fingerprint density at radius 1 is 1.47 bits per heavy atom. The molecule has 0 aromatic carbocycles. The van der Waals surface area contributed by atoms with E-state index >= 15 is 0 Å². The maximum Gasteiger partial charge on any atom is 0.308 e. The highest BCUT2D eigenvalue weighted by molar-refractivity contribution is 5.70. The monoisotopic (exact) mass is 264 g/mol. The molecule has 0 spiro atoms. The van der Waals surface area contributed by atoms with Crippen molar-refractivity contribution in [2.75, 3.05) is 0 Å². The predicted octanol–water partition coefficient (Wildman–Crippen LogP) is 1.78. The molecule has 0 radical (unpaired) electrons. The van der Waals surface area contributed by atoms with E-state index in [-0.39, 0.29) is 6.04 Å². The Morgan fingerprint density at radius 2 is 2.21 bits per heavy atom. The topological polar surface area (TPSA) is 94.0 Å². The minimum Gasteiger partial charge on any atom is -0.481 e. The summed E-state index contributed by atoms with van der Waals surface area (Å²) in [5.41, 5.74) is 0. The van der Waals surface area contributed by atoms with Crippen molar-refractivity contribution < 1.29 is 14.3 Å². The number of hydrogen-bond acceptors (Lipinski definition) is 5. The number of carboxylic acid groups (broad SMARTS) is 1. The second-order valence-corrected chi connectivity index (χ2v) is 4.43. The van der Waals surface area contributed by atoms with Gasteiger partial charge in [-0.2, -0.15) is 0 Å². The van der Waals surface area contributed by atoms with Crippen molar-refractivity contribution in [3.8, 4) is 11.6 Å². The van der Waals surface area contributed by atoms with Crippen LogP contribution in [-0.4, -0.2) is 31.3 Å². The fourth-order valence-electron chi connectivity index (χ4n) is 1.74. The number of aryl methyl sites for hydroxylation is 1. The number of carboxylic acids is 1. The molecule has 2 atom stereocenters.